The molecule has 0 aliphatic carbocycles. The van der Waals surface area contributed by atoms with Crippen molar-refractivity contribution in [2.75, 3.05) is 13.2 Å². The number of carboxylic acids is 1. The smallest absolute Gasteiger partial charge is 0.321 e. The molecular weight excluding hydrogens is 134 g/mol. The number of rotatable bonds is 2. The molecule has 1 atom stereocenters. The van der Waals surface area contributed by atoms with Crippen LogP contribution < -0.4 is 5.73 Å². The molecule has 3 N–H and O–H groups in total. The van der Waals surface area contributed by atoms with E-state index in [0.29, 0.717) is 13.2 Å². The average molecular weight is 145 g/mol. The molecule has 1 aliphatic rings. The first-order valence-corrected chi connectivity index (χ1v) is 3.12. The zero-order chi connectivity index (χ0) is 7.78. The van der Waals surface area contributed by atoms with Gasteiger partial charge in [-0.2, -0.15) is 0 Å². The van der Waals surface area contributed by atoms with Gasteiger partial charge in [0.2, 0.25) is 0 Å². The molecule has 1 rings (SSSR count). The highest BCUT2D eigenvalue weighted by atomic mass is 16.5. The van der Waals surface area contributed by atoms with E-state index in [4.69, 9.17) is 15.6 Å². The summed E-state index contributed by atoms with van der Waals surface area (Å²) in [6.07, 6.45) is 0. The predicted molar refractivity (Wildman–Crippen MR) is 34.5 cm³/mol. The van der Waals surface area contributed by atoms with Crippen molar-refractivity contribution in [3.8, 4) is 0 Å². The third-order valence-corrected chi connectivity index (χ3v) is 1.88. The van der Waals surface area contributed by atoms with E-state index in [-0.39, 0.29) is 5.41 Å². The second kappa shape index (κ2) is 2.21. The van der Waals surface area contributed by atoms with Crippen LogP contribution in [0.4, 0.5) is 0 Å². The molecule has 0 bridgehead atoms. The van der Waals surface area contributed by atoms with Crippen LogP contribution in [0.1, 0.15) is 6.92 Å². The lowest BCUT2D eigenvalue weighted by Crippen LogP contribution is -2.56. The van der Waals surface area contributed by atoms with Gasteiger partial charge >= 0.3 is 5.97 Å². The molecule has 0 amide bonds. The molecule has 1 heterocycles. The van der Waals surface area contributed by atoms with E-state index < -0.39 is 12.0 Å². The third-order valence-electron chi connectivity index (χ3n) is 1.88. The quantitative estimate of drug-likeness (QED) is 0.546. The number of nitrogens with two attached hydrogens (primary N) is 1. The van der Waals surface area contributed by atoms with Gasteiger partial charge in [-0.3, -0.25) is 4.79 Å². The zero-order valence-corrected chi connectivity index (χ0v) is 5.83. The van der Waals surface area contributed by atoms with Gasteiger partial charge in [-0.15, -0.1) is 0 Å². The van der Waals surface area contributed by atoms with Crippen LogP contribution in [0.2, 0.25) is 0 Å². The molecule has 0 aromatic heterocycles. The van der Waals surface area contributed by atoms with Crippen molar-refractivity contribution in [1.29, 1.82) is 0 Å². The van der Waals surface area contributed by atoms with Crippen molar-refractivity contribution in [2.24, 2.45) is 11.1 Å². The fourth-order valence-electron chi connectivity index (χ4n) is 0.902. The number of hydrogen-bond acceptors (Lipinski definition) is 3. The Labute approximate surface area is 59.0 Å². The minimum Gasteiger partial charge on any atom is -0.480 e. The number of aliphatic carboxylic acids is 1. The Morgan fingerprint density at radius 2 is 2.30 bits per heavy atom. The molecule has 0 spiro atoms. The molecule has 1 saturated heterocycles. The Hall–Kier alpha value is -0.610. The standard InChI is InChI=1S/C6H11NO3/c1-6(2-10-3-6)4(7)5(8)9/h4H,2-3,7H2,1H3,(H,8,9). The summed E-state index contributed by atoms with van der Waals surface area (Å²) in [6, 6.07) is -0.791. The molecular formula is C6H11NO3. The minimum atomic E-state index is -0.953. The SMILES string of the molecule is CC1(C(N)C(=O)O)COC1. The molecule has 58 valence electrons. The molecule has 10 heavy (non-hydrogen) atoms. The minimum absolute atomic E-state index is 0.341. The lowest BCUT2D eigenvalue weighted by molar-refractivity contribution is -0.158. The highest BCUT2D eigenvalue weighted by Crippen LogP contribution is 2.29. The second-order valence-corrected chi connectivity index (χ2v) is 2.96. The van der Waals surface area contributed by atoms with E-state index in [9.17, 15) is 4.79 Å². The van der Waals surface area contributed by atoms with Gasteiger partial charge in [-0.1, -0.05) is 6.92 Å². The summed E-state index contributed by atoms with van der Waals surface area (Å²) in [4.78, 5) is 10.4. The average Bonchev–Trinajstić information content (AvgIpc) is 1.81. The number of carboxylic acid groups (broad SMARTS) is 1. The maximum Gasteiger partial charge on any atom is 0.321 e. The third kappa shape index (κ3) is 0.998. The van der Waals surface area contributed by atoms with E-state index in [1.54, 1.807) is 0 Å². The van der Waals surface area contributed by atoms with Crippen molar-refractivity contribution >= 4 is 5.97 Å². The van der Waals surface area contributed by atoms with Crippen molar-refractivity contribution in [3.63, 3.8) is 0 Å². The maximum atomic E-state index is 10.4. The second-order valence-electron chi connectivity index (χ2n) is 2.96. The largest absolute Gasteiger partial charge is 0.480 e. The Bertz CT molecular complexity index is 153. The van der Waals surface area contributed by atoms with E-state index in [1.165, 1.54) is 0 Å². The van der Waals surface area contributed by atoms with Crippen molar-refractivity contribution in [1.82, 2.24) is 0 Å². The van der Waals surface area contributed by atoms with Gasteiger partial charge in [0.15, 0.2) is 0 Å². The molecule has 0 saturated carbocycles. The maximum absolute atomic E-state index is 10.4. The normalized spacial score (nSPS) is 25.0. The fraction of sp³-hybridized carbons (Fsp3) is 0.833. The van der Waals surface area contributed by atoms with Gasteiger partial charge in [0.05, 0.1) is 13.2 Å². The summed E-state index contributed by atoms with van der Waals surface area (Å²) >= 11 is 0. The van der Waals surface area contributed by atoms with Crippen LogP contribution in [0, 0.1) is 5.41 Å². The molecule has 4 heteroatoms. The summed E-state index contributed by atoms with van der Waals surface area (Å²) in [5, 5.41) is 8.50. The van der Waals surface area contributed by atoms with Gasteiger partial charge in [-0.25, -0.2) is 0 Å². The van der Waals surface area contributed by atoms with Gasteiger partial charge in [0, 0.05) is 5.41 Å². The Balaban J connectivity index is 2.54. The van der Waals surface area contributed by atoms with Crippen LogP contribution in [-0.4, -0.2) is 30.3 Å². The highest BCUT2D eigenvalue weighted by Gasteiger charge is 2.43. The predicted octanol–water partition coefficient (Wildman–Crippen LogP) is -0.565. The van der Waals surface area contributed by atoms with Crippen LogP contribution in [-0.2, 0) is 9.53 Å². The number of carbonyl (C=O) groups is 1. The molecule has 1 unspecified atom stereocenters. The summed E-state index contributed by atoms with van der Waals surface area (Å²) in [6.45, 7) is 2.73. The molecule has 1 fully saturated rings. The Kier molecular flexibility index (Phi) is 1.66. The van der Waals surface area contributed by atoms with E-state index in [2.05, 4.69) is 0 Å². The first-order chi connectivity index (χ1) is 4.56. The van der Waals surface area contributed by atoms with Crippen LogP contribution in [0.25, 0.3) is 0 Å². The van der Waals surface area contributed by atoms with E-state index in [0.717, 1.165) is 0 Å². The summed E-state index contributed by atoms with van der Waals surface area (Å²) in [5.41, 5.74) is 5.04. The van der Waals surface area contributed by atoms with Gasteiger partial charge < -0.3 is 15.6 Å². The molecule has 1 aliphatic heterocycles. The van der Waals surface area contributed by atoms with Crippen LogP contribution >= 0.6 is 0 Å². The highest BCUT2D eigenvalue weighted by molar-refractivity contribution is 5.74. The van der Waals surface area contributed by atoms with Crippen LogP contribution in [0.15, 0.2) is 0 Å². The topological polar surface area (TPSA) is 72.6 Å². The van der Waals surface area contributed by atoms with Crippen molar-refractivity contribution in [2.45, 2.75) is 13.0 Å². The first-order valence-electron chi connectivity index (χ1n) is 3.12. The monoisotopic (exact) mass is 145 g/mol. The van der Waals surface area contributed by atoms with Gasteiger partial charge in [-0.05, 0) is 0 Å². The van der Waals surface area contributed by atoms with Gasteiger partial charge in [0.1, 0.15) is 6.04 Å². The van der Waals surface area contributed by atoms with E-state index >= 15 is 0 Å². The number of hydrogen-bond donors (Lipinski definition) is 2. The van der Waals surface area contributed by atoms with Crippen LogP contribution in [0.5, 0.6) is 0 Å². The fourth-order valence-corrected chi connectivity index (χ4v) is 0.902. The summed E-state index contributed by atoms with van der Waals surface area (Å²) in [5.74, 6) is -0.953. The van der Waals surface area contributed by atoms with Crippen LogP contribution in [0.3, 0.4) is 0 Å². The number of ether oxygens (including phenoxy) is 1. The molecule has 0 aromatic carbocycles. The molecule has 4 nitrogen and oxygen atoms in total. The Morgan fingerprint density at radius 1 is 1.80 bits per heavy atom. The van der Waals surface area contributed by atoms with Crippen molar-refractivity contribution in [3.05, 3.63) is 0 Å². The summed E-state index contributed by atoms with van der Waals surface area (Å²) < 4.78 is 4.87. The summed E-state index contributed by atoms with van der Waals surface area (Å²) in [7, 11) is 0. The van der Waals surface area contributed by atoms with Crippen molar-refractivity contribution < 1.29 is 14.6 Å². The van der Waals surface area contributed by atoms with Gasteiger partial charge in [0.25, 0.3) is 0 Å². The lowest BCUT2D eigenvalue weighted by atomic mass is 9.81. The zero-order valence-electron chi connectivity index (χ0n) is 5.83. The Morgan fingerprint density at radius 3 is 2.40 bits per heavy atom. The lowest BCUT2D eigenvalue weighted by Gasteiger charge is -2.40. The molecule has 0 radical (unpaired) electrons. The van der Waals surface area contributed by atoms with E-state index in [1.807, 2.05) is 6.92 Å². The molecule has 0 aromatic rings. The first kappa shape index (κ1) is 7.50.